The Morgan fingerprint density at radius 1 is 1.37 bits per heavy atom. The molecule has 152 valence electrons. The predicted octanol–water partition coefficient (Wildman–Crippen LogP) is 3.25. The summed E-state index contributed by atoms with van der Waals surface area (Å²) in [6.07, 6.45) is 1.39. The van der Waals surface area contributed by atoms with Gasteiger partial charge < -0.3 is 25.2 Å². The summed E-state index contributed by atoms with van der Waals surface area (Å²) >= 11 is 5.62. The number of hydrogen-bond donors (Lipinski definition) is 3. The molecule has 27 heavy (non-hydrogen) atoms. The van der Waals surface area contributed by atoms with Crippen molar-refractivity contribution in [3.05, 3.63) is 29.0 Å². The molecule has 6 nitrogen and oxygen atoms in total. The van der Waals surface area contributed by atoms with Crippen LogP contribution in [0, 0.1) is 5.82 Å². The number of rotatable bonds is 7. The van der Waals surface area contributed by atoms with Gasteiger partial charge in [0, 0.05) is 24.7 Å². The second-order valence-electron chi connectivity index (χ2n) is 7.80. The van der Waals surface area contributed by atoms with Crippen molar-refractivity contribution in [2.24, 2.45) is 0 Å². The molecule has 0 aliphatic heterocycles. The predicted molar refractivity (Wildman–Crippen MR) is 102 cm³/mol. The van der Waals surface area contributed by atoms with Crippen molar-refractivity contribution < 1.29 is 23.8 Å². The molecule has 1 aromatic rings. The van der Waals surface area contributed by atoms with Crippen molar-refractivity contribution in [3.63, 3.8) is 0 Å². The monoisotopic (exact) mass is 402 g/mol. The first-order valence-electron chi connectivity index (χ1n) is 9.11. The Bertz CT molecular complexity index is 639. The summed E-state index contributed by atoms with van der Waals surface area (Å²) in [6.45, 7) is 5.87. The molecule has 0 bridgehead atoms. The van der Waals surface area contributed by atoms with Gasteiger partial charge in [0.15, 0.2) is 0 Å². The van der Waals surface area contributed by atoms with Crippen LogP contribution in [0.25, 0.3) is 0 Å². The molecule has 1 fully saturated rings. The van der Waals surface area contributed by atoms with Gasteiger partial charge in [-0.25, -0.2) is 9.18 Å². The van der Waals surface area contributed by atoms with E-state index < -0.39 is 23.6 Å². The van der Waals surface area contributed by atoms with Crippen molar-refractivity contribution >= 4 is 17.7 Å². The van der Waals surface area contributed by atoms with Gasteiger partial charge in [-0.15, -0.1) is 0 Å². The largest absolute Gasteiger partial charge is 0.491 e. The fraction of sp³-hybridized carbons (Fsp3) is 0.632. The smallest absolute Gasteiger partial charge is 0.407 e. The number of aliphatic hydroxyl groups is 1. The second kappa shape index (κ2) is 9.57. The number of carbonyl (C=O) groups is 1. The molecule has 2 rings (SSSR count). The van der Waals surface area contributed by atoms with E-state index in [9.17, 15) is 14.3 Å². The van der Waals surface area contributed by atoms with Gasteiger partial charge in [-0.1, -0.05) is 11.6 Å². The lowest BCUT2D eigenvalue weighted by molar-refractivity contribution is 0.0504. The maximum atomic E-state index is 13.3. The van der Waals surface area contributed by atoms with Crippen molar-refractivity contribution in [2.75, 3.05) is 13.2 Å². The first-order chi connectivity index (χ1) is 12.6. The summed E-state index contributed by atoms with van der Waals surface area (Å²) in [7, 11) is 0. The molecule has 0 heterocycles. The second-order valence-corrected chi connectivity index (χ2v) is 8.21. The normalized spacial score (nSPS) is 21.0. The fourth-order valence-corrected chi connectivity index (χ4v) is 3.01. The quantitative estimate of drug-likeness (QED) is 0.652. The van der Waals surface area contributed by atoms with Gasteiger partial charge in [0.1, 0.15) is 29.9 Å². The Morgan fingerprint density at radius 3 is 2.74 bits per heavy atom. The first kappa shape index (κ1) is 21.7. The molecule has 3 atom stereocenters. The lowest BCUT2D eigenvalue weighted by Gasteiger charge is -2.22. The molecular formula is C19H28ClFN2O4. The Labute approximate surface area is 164 Å². The summed E-state index contributed by atoms with van der Waals surface area (Å²) in [5.74, 6) is -0.241. The Kier molecular flexibility index (Phi) is 7.70. The molecule has 1 saturated carbocycles. The standard InChI is InChI=1S/C19H28ClFN2O4/c1-19(2,3)27-18(25)23-13-5-4-12(8-13)22-10-14(24)11-26-15-6-7-16(20)17(21)9-15/h6-7,9,12-14,22,24H,4-5,8,10-11H2,1-3H3,(H,23,25)/t12-,13?,14+/m0/s1. The number of nitrogens with one attached hydrogen (secondary N) is 2. The van der Waals surface area contributed by atoms with Crippen LogP contribution in [0.5, 0.6) is 5.75 Å². The number of alkyl carbamates (subject to hydrolysis) is 1. The summed E-state index contributed by atoms with van der Waals surface area (Å²) < 4.78 is 24.0. The molecule has 3 N–H and O–H groups in total. The molecule has 1 aliphatic carbocycles. The van der Waals surface area contributed by atoms with Gasteiger partial charge in [0.2, 0.25) is 0 Å². The van der Waals surface area contributed by atoms with Crippen LogP contribution < -0.4 is 15.4 Å². The Hall–Kier alpha value is -1.57. The van der Waals surface area contributed by atoms with Crippen LogP contribution in [-0.2, 0) is 4.74 Å². The SMILES string of the molecule is CC(C)(C)OC(=O)NC1CC[C@H](NC[C@@H](O)COc2ccc(Cl)c(F)c2)C1. The molecule has 0 aromatic heterocycles. The lowest BCUT2D eigenvalue weighted by Crippen LogP contribution is -2.40. The highest BCUT2D eigenvalue weighted by atomic mass is 35.5. The zero-order chi connectivity index (χ0) is 20.0. The van der Waals surface area contributed by atoms with Crippen molar-refractivity contribution in [1.29, 1.82) is 0 Å². The van der Waals surface area contributed by atoms with Crippen LogP contribution >= 0.6 is 11.6 Å². The number of amides is 1. The van der Waals surface area contributed by atoms with Gasteiger partial charge >= 0.3 is 6.09 Å². The highest BCUT2D eigenvalue weighted by Crippen LogP contribution is 2.21. The number of aliphatic hydroxyl groups excluding tert-OH is 1. The molecular weight excluding hydrogens is 375 g/mol. The number of benzene rings is 1. The fourth-order valence-electron chi connectivity index (χ4n) is 2.89. The van der Waals surface area contributed by atoms with E-state index in [-0.39, 0.29) is 23.7 Å². The molecule has 1 amide bonds. The molecule has 1 aliphatic rings. The summed E-state index contributed by atoms with van der Waals surface area (Å²) in [5.41, 5.74) is -0.516. The van der Waals surface area contributed by atoms with Crippen LogP contribution in [0.15, 0.2) is 18.2 Å². The average molecular weight is 403 g/mol. The topological polar surface area (TPSA) is 79.8 Å². The third kappa shape index (κ3) is 7.91. The van der Waals surface area contributed by atoms with Crippen LogP contribution in [0.4, 0.5) is 9.18 Å². The first-order valence-corrected chi connectivity index (χ1v) is 9.49. The number of carbonyl (C=O) groups excluding carboxylic acids is 1. The zero-order valence-corrected chi connectivity index (χ0v) is 16.7. The highest BCUT2D eigenvalue weighted by molar-refractivity contribution is 6.30. The van der Waals surface area contributed by atoms with E-state index in [1.54, 1.807) is 6.07 Å². The third-order valence-corrected chi connectivity index (χ3v) is 4.44. The minimum Gasteiger partial charge on any atom is -0.491 e. The lowest BCUT2D eigenvalue weighted by atomic mass is 10.2. The van der Waals surface area contributed by atoms with Crippen molar-refractivity contribution in [2.45, 2.75) is 63.8 Å². The van der Waals surface area contributed by atoms with E-state index in [1.807, 2.05) is 20.8 Å². The van der Waals surface area contributed by atoms with E-state index in [2.05, 4.69) is 10.6 Å². The van der Waals surface area contributed by atoms with E-state index in [0.717, 1.165) is 19.3 Å². The van der Waals surface area contributed by atoms with Gasteiger partial charge in [0.05, 0.1) is 5.02 Å². The van der Waals surface area contributed by atoms with E-state index in [4.69, 9.17) is 21.1 Å². The maximum absolute atomic E-state index is 13.3. The molecule has 1 aromatic carbocycles. The van der Waals surface area contributed by atoms with Crippen LogP contribution in [-0.4, -0.2) is 48.1 Å². The summed E-state index contributed by atoms with van der Waals surface area (Å²) in [6, 6.07) is 4.41. The van der Waals surface area contributed by atoms with E-state index in [1.165, 1.54) is 12.1 Å². The molecule has 0 radical (unpaired) electrons. The molecule has 0 spiro atoms. The van der Waals surface area contributed by atoms with Crippen molar-refractivity contribution in [1.82, 2.24) is 10.6 Å². The van der Waals surface area contributed by atoms with E-state index >= 15 is 0 Å². The van der Waals surface area contributed by atoms with Crippen LogP contribution in [0.1, 0.15) is 40.0 Å². The zero-order valence-electron chi connectivity index (χ0n) is 15.9. The van der Waals surface area contributed by atoms with Gasteiger partial charge in [-0.3, -0.25) is 0 Å². The van der Waals surface area contributed by atoms with Gasteiger partial charge in [-0.05, 0) is 52.2 Å². The van der Waals surface area contributed by atoms with Gasteiger partial charge in [-0.2, -0.15) is 0 Å². The molecule has 0 saturated heterocycles. The Balaban J connectivity index is 1.65. The minimum absolute atomic E-state index is 0.0281. The maximum Gasteiger partial charge on any atom is 0.407 e. The summed E-state index contributed by atoms with van der Waals surface area (Å²) in [5, 5.41) is 16.2. The Morgan fingerprint density at radius 2 is 2.07 bits per heavy atom. The average Bonchev–Trinajstić information content (AvgIpc) is 2.99. The van der Waals surface area contributed by atoms with Crippen LogP contribution in [0.3, 0.4) is 0 Å². The highest BCUT2D eigenvalue weighted by Gasteiger charge is 2.27. The van der Waals surface area contributed by atoms with Crippen LogP contribution in [0.2, 0.25) is 5.02 Å². The molecule has 8 heteroatoms. The minimum atomic E-state index is -0.735. The number of hydrogen-bond acceptors (Lipinski definition) is 5. The van der Waals surface area contributed by atoms with Crippen molar-refractivity contribution in [3.8, 4) is 5.75 Å². The summed E-state index contributed by atoms with van der Waals surface area (Å²) in [4.78, 5) is 11.8. The number of halogens is 2. The third-order valence-electron chi connectivity index (χ3n) is 4.13. The van der Waals surface area contributed by atoms with Gasteiger partial charge in [0.25, 0.3) is 0 Å². The molecule has 1 unspecified atom stereocenters. The van der Waals surface area contributed by atoms with E-state index in [0.29, 0.717) is 12.3 Å². The number of ether oxygens (including phenoxy) is 2.